The molecule has 3 aromatic rings. The Labute approximate surface area is 240 Å². The largest absolute Gasteiger partial charge is 0.351 e. The Morgan fingerprint density at radius 3 is 2.47 bits per heavy atom. The molecule has 0 saturated carbocycles. The molecule has 1 aliphatic rings. The summed E-state index contributed by atoms with van der Waals surface area (Å²) >= 11 is 0. The minimum atomic E-state index is -0.742. The summed E-state index contributed by atoms with van der Waals surface area (Å²) in [7, 11) is 0. The lowest BCUT2D eigenvalue weighted by Crippen LogP contribution is -2.50. The van der Waals surface area contributed by atoms with Gasteiger partial charge < -0.3 is 27.0 Å². The molecule has 9 nitrogen and oxygen atoms in total. The molecule has 4 rings (SSSR count). The Morgan fingerprint density at radius 1 is 1.03 bits per heavy atom. The van der Waals surface area contributed by atoms with Crippen molar-refractivity contribution in [3.05, 3.63) is 72.4 Å². The topological polar surface area (TPSA) is 138 Å². The average molecular weight is 584 g/mol. The van der Waals surface area contributed by atoms with Crippen LogP contribution in [0.4, 0.5) is 5.69 Å². The van der Waals surface area contributed by atoms with Crippen LogP contribution in [0.2, 0.25) is 0 Å². The smallest absolute Gasteiger partial charge is 0.247 e. The standard InChI is InChI=1S/C26H30N6O3.3ClH/c27-14-24(33)30-20-13-23(29-16-20)26(35)32-22(11-10-17-6-2-1-3-7-17)25(34)31-19-12-18-8-4-5-9-21(18)28-15-19;;;/h1-9,12,15,20,22-23,29H,10-11,13-14,16,27H2,(H,30,33)(H,31,34)(H,32,35);3*1H/t20-,22-,23+;;;/m1.../s1. The van der Waals surface area contributed by atoms with Crippen molar-refractivity contribution < 1.29 is 14.4 Å². The number of aryl methyl sites for hydroxylation is 1. The van der Waals surface area contributed by atoms with Crippen molar-refractivity contribution in [2.75, 3.05) is 18.4 Å². The Kier molecular flexibility index (Phi) is 14.0. The van der Waals surface area contributed by atoms with E-state index in [0.29, 0.717) is 31.5 Å². The maximum absolute atomic E-state index is 13.2. The minimum absolute atomic E-state index is 0. The minimum Gasteiger partial charge on any atom is -0.351 e. The number of rotatable bonds is 9. The lowest BCUT2D eigenvalue weighted by Gasteiger charge is -2.21. The van der Waals surface area contributed by atoms with E-state index in [2.05, 4.69) is 26.3 Å². The molecule has 12 heteroatoms. The summed E-state index contributed by atoms with van der Waals surface area (Å²) in [4.78, 5) is 42.2. The predicted octanol–water partition coefficient (Wildman–Crippen LogP) is 2.36. The molecular formula is C26H33Cl3N6O3. The highest BCUT2D eigenvalue weighted by atomic mass is 35.5. The molecule has 0 spiro atoms. The van der Waals surface area contributed by atoms with Gasteiger partial charge in [-0.1, -0.05) is 48.5 Å². The van der Waals surface area contributed by atoms with Gasteiger partial charge in [0.05, 0.1) is 30.0 Å². The van der Waals surface area contributed by atoms with Crippen molar-refractivity contribution in [3.63, 3.8) is 0 Å². The van der Waals surface area contributed by atoms with Gasteiger partial charge in [0.25, 0.3) is 0 Å². The molecule has 0 radical (unpaired) electrons. The first-order valence-electron chi connectivity index (χ1n) is 11.7. The summed E-state index contributed by atoms with van der Waals surface area (Å²) in [6.45, 7) is 0.367. The quantitative estimate of drug-likeness (QED) is 0.262. The second-order valence-corrected chi connectivity index (χ2v) is 8.66. The first kappa shape index (κ1) is 33.1. The second kappa shape index (κ2) is 16.1. The van der Waals surface area contributed by atoms with Crippen molar-refractivity contribution in [3.8, 4) is 0 Å². The van der Waals surface area contributed by atoms with E-state index >= 15 is 0 Å². The van der Waals surface area contributed by atoms with Crippen LogP contribution < -0.4 is 27.0 Å². The SMILES string of the molecule is Cl.Cl.Cl.NCC(=O)N[C@H]1CN[C@H](C(=O)N[C@H](CCc2ccccc2)C(=O)Nc2cnc3ccccc3c2)C1. The van der Waals surface area contributed by atoms with Crippen molar-refractivity contribution in [1.82, 2.24) is 20.9 Å². The number of pyridine rings is 1. The molecular weight excluding hydrogens is 551 g/mol. The van der Waals surface area contributed by atoms with E-state index < -0.39 is 12.1 Å². The molecule has 2 aromatic carbocycles. The van der Waals surface area contributed by atoms with Gasteiger partial charge in [0.1, 0.15) is 6.04 Å². The number of aromatic nitrogens is 1. The van der Waals surface area contributed by atoms with Crippen LogP contribution in [-0.2, 0) is 20.8 Å². The number of amides is 3. The maximum atomic E-state index is 13.2. The van der Waals surface area contributed by atoms with Gasteiger partial charge in [-0.3, -0.25) is 19.4 Å². The molecule has 0 bridgehead atoms. The lowest BCUT2D eigenvalue weighted by molar-refractivity contribution is -0.127. The number of anilines is 1. The van der Waals surface area contributed by atoms with Gasteiger partial charge in [0, 0.05) is 18.0 Å². The van der Waals surface area contributed by atoms with Crippen molar-refractivity contribution >= 4 is 71.5 Å². The fraction of sp³-hybridized carbons (Fsp3) is 0.308. The highest BCUT2D eigenvalue weighted by Gasteiger charge is 2.32. The summed E-state index contributed by atoms with van der Waals surface area (Å²) in [6, 6.07) is 17.9. The zero-order valence-corrected chi connectivity index (χ0v) is 23.0. The number of benzene rings is 2. The van der Waals surface area contributed by atoms with E-state index in [1.807, 2.05) is 60.7 Å². The van der Waals surface area contributed by atoms with Crippen LogP contribution in [0, 0.1) is 0 Å². The van der Waals surface area contributed by atoms with E-state index in [9.17, 15) is 14.4 Å². The molecule has 1 aromatic heterocycles. The number of halogens is 3. The Morgan fingerprint density at radius 2 is 1.74 bits per heavy atom. The van der Waals surface area contributed by atoms with Crippen molar-refractivity contribution in [1.29, 1.82) is 0 Å². The van der Waals surface area contributed by atoms with Gasteiger partial charge in [-0.05, 0) is 37.0 Å². The van der Waals surface area contributed by atoms with Crippen LogP contribution in [0.5, 0.6) is 0 Å². The molecule has 206 valence electrons. The van der Waals surface area contributed by atoms with Gasteiger partial charge >= 0.3 is 0 Å². The molecule has 2 heterocycles. The second-order valence-electron chi connectivity index (χ2n) is 8.66. The van der Waals surface area contributed by atoms with Crippen molar-refractivity contribution in [2.45, 2.75) is 37.4 Å². The number of fused-ring (bicyclic) bond motifs is 1. The summed E-state index contributed by atoms with van der Waals surface area (Å²) in [5, 5.41) is 12.6. The van der Waals surface area contributed by atoms with E-state index in [4.69, 9.17) is 5.73 Å². The molecule has 1 saturated heterocycles. The van der Waals surface area contributed by atoms with E-state index in [-0.39, 0.29) is 67.5 Å². The van der Waals surface area contributed by atoms with Gasteiger partial charge in [-0.25, -0.2) is 0 Å². The van der Waals surface area contributed by atoms with Crippen LogP contribution in [-0.4, -0.2) is 53.9 Å². The number of hydrogen-bond donors (Lipinski definition) is 5. The molecule has 6 N–H and O–H groups in total. The first-order chi connectivity index (χ1) is 17.0. The predicted molar refractivity (Wildman–Crippen MR) is 156 cm³/mol. The monoisotopic (exact) mass is 582 g/mol. The number of nitrogens with one attached hydrogen (secondary N) is 4. The number of para-hydroxylation sites is 1. The van der Waals surface area contributed by atoms with Crippen LogP contribution in [0.1, 0.15) is 18.4 Å². The fourth-order valence-electron chi connectivity index (χ4n) is 4.20. The van der Waals surface area contributed by atoms with Crippen LogP contribution >= 0.6 is 37.2 Å². The van der Waals surface area contributed by atoms with Crippen LogP contribution in [0.3, 0.4) is 0 Å². The van der Waals surface area contributed by atoms with E-state index in [1.54, 1.807) is 6.20 Å². The molecule has 0 unspecified atom stereocenters. The third kappa shape index (κ3) is 9.11. The zero-order valence-electron chi connectivity index (χ0n) is 20.6. The summed E-state index contributed by atoms with van der Waals surface area (Å²) < 4.78 is 0. The highest BCUT2D eigenvalue weighted by molar-refractivity contribution is 5.99. The molecule has 3 amide bonds. The maximum Gasteiger partial charge on any atom is 0.247 e. The molecule has 0 aliphatic carbocycles. The van der Waals surface area contributed by atoms with Gasteiger partial charge in [-0.2, -0.15) is 0 Å². The Bertz CT molecular complexity index is 1200. The van der Waals surface area contributed by atoms with E-state index in [0.717, 1.165) is 16.5 Å². The number of nitrogens with two attached hydrogens (primary N) is 1. The number of carbonyl (C=O) groups is 3. The molecule has 1 aliphatic heterocycles. The average Bonchev–Trinajstić information content (AvgIpc) is 3.35. The number of nitrogens with zero attached hydrogens (tertiary/aromatic N) is 1. The van der Waals surface area contributed by atoms with Gasteiger partial charge in [-0.15, -0.1) is 37.2 Å². The third-order valence-corrected chi connectivity index (χ3v) is 6.05. The Hall–Kier alpha value is -2.95. The first-order valence-corrected chi connectivity index (χ1v) is 11.7. The Balaban J connectivity index is 0.00000241. The summed E-state index contributed by atoms with van der Waals surface area (Å²) in [5.74, 6) is -0.848. The zero-order chi connectivity index (χ0) is 24.6. The number of carbonyl (C=O) groups excluding carboxylic acids is 3. The molecule has 1 fully saturated rings. The third-order valence-electron chi connectivity index (χ3n) is 6.05. The molecule has 38 heavy (non-hydrogen) atoms. The van der Waals surface area contributed by atoms with Crippen LogP contribution in [0.25, 0.3) is 10.9 Å². The highest BCUT2D eigenvalue weighted by Crippen LogP contribution is 2.17. The summed E-state index contributed by atoms with van der Waals surface area (Å²) in [5.41, 5.74) is 7.84. The molecule has 3 atom stereocenters. The van der Waals surface area contributed by atoms with Crippen molar-refractivity contribution in [2.24, 2.45) is 5.73 Å². The van der Waals surface area contributed by atoms with Crippen LogP contribution in [0.15, 0.2) is 66.9 Å². The number of hydrogen-bond acceptors (Lipinski definition) is 6. The lowest BCUT2D eigenvalue weighted by atomic mass is 10.0. The van der Waals surface area contributed by atoms with E-state index in [1.165, 1.54) is 0 Å². The van der Waals surface area contributed by atoms with Gasteiger partial charge in [0.15, 0.2) is 0 Å². The normalized spacial score (nSPS) is 16.7. The summed E-state index contributed by atoms with van der Waals surface area (Å²) in [6.07, 6.45) is 3.10. The van der Waals surface area contributed by atoms with Gasteiger partial charge in [0.2, 0.25) is 17.7 Å². The fourth-order valence-corrected chi connectivity index (χ4v) is 4.20.